The highest BCUT2D eigenvalue weighted by Crippen LogP contribution is 2.18. The van der Waals surface area contributed by atoms with Crippen molar-refractivity contribution in [3.05, 3.63) is 21.9 Å². The molecule has 82 valence electrons. The van der Waals surface area contributed by atoms with Crippen molar-refractivity contribution in [1.29, 1.82) is 0 Å². The third-order valence-corrected chi connectivity index (χ3v) is 3.85. The second kappa shape index (κ2) is 4.33. The molecule has 0 spiro atoms. The molecular formula is C11H16N2OS. The Morgan fingerprint density at radius 3 is 2.53 bits per heavy atom. The Labute approximate surface area is 94.3 Å². The van der Waals surface area contributed by atoms with E-state index in [0.29, 0.717) is 0 Å². The van der Waals surface area contributed by atoms with E-state index in [1.165, 1.54) is 0 Å². The number of amides is 1. The summed E-state index contributed by atoms with van der Waals surface area (Å²) in [6.07, 6.45) is 0. The maximum absolute atomic E-state index is 12.1. The number of carbonyl (C=O) groups is 1. The quantitative estimate of drug-likeness (QED) is 0.721. The van der Waals surface area contributed by atoms with Gasteiger partial charge in [-0.15, -0.1) is 11.3 Å². The second-order valence-electron chi connectivity index (χ2n) is 4.03. The van der Waals surface area contributed by atoms with E-state index < -0.39 is 0 Å². The van der Waals surface area contributed by atoms with E-state index in [9.17, 15) is 4.79 Å². The summed E-state index contributed by atoms with van der Waals surface area (Å²) in [4.78, 5) is 17.2. The van der Waals surface area contributed by atoms with Gasteiger partial charge in [-0.1, -0.05) is 0 Å². The number of carbonyl (C=O) groups excluding carboxylic acids is 1. The van der Waals surface area contributed by atoms with Crippen molar-refractivity contribution in [2.45, 2.75) is 6.92 Å². The summed E-state index contributed by atoms with van der Waals surface area (Å²) >= 11 is 1.55. The molecule has 1 aliphatic heterocycles. The van der Waals surface area contributed by atoms with Crippen LogP contribution in [0.5, 0.6) is 0 Å². The Bertz CT molecular complexity index is 353. The molecular weight excluding hydrogens is 208 g/mol. The van der Waals surface area contributed by atoms with Crippen LogP contribution in [0.1, 0.15) is 15.2 Å². The van der Waals surface area contributed by atoms with Crippen LogP contribution in [-0.4, -0.2) is 48.9 Å². The van der Waals surface area contributed by atoms with Crippen molar-refractivity contribution >= 4 is 17.2 Å². The van der Waals surface area contributed by atoms with Gasteiger partial charge in [0.15, 0.2) is 0 Å². The summed E-state index contributed by atoms with van der Waals surface area (Å²) in [7, 11) is 2.10. The van der Waals surface area contributed by atoms with Gasteiger partial charge in [-0.2, -0.15) is 0 Å². The fraction of sp³-hybridized carbons (Fsp3) is 0.545. The number of likely N-dealkylation sites (N-methyl/N-ethyl adjacent to an activating group) is 1. The van der Waals surface area contributed by atoms with E-state index in [0.717, 1.165) is 36.6 Å². The van der Waals surface area contributed by atoms with Crippen LogP contribution in [0.4, 0.5) is 0 Å². The summed E-state index contributed by atoms with van der Waals surface area (Å²) in [5.41, 5.74) is 1.10. The molecule has 1 saturated heterocycles. The maximum Gasteiger partial charge on any atom is 0.264 e. The first-order valence-electron chi connectivity index (χ1n) is 5.20. The van der Waals surface area contributed by atoms with Gasteiger partial charge in [-0.25, -0.2) is 0 Å². The average Bonchev–Trinajstić information content (AvgIpc) is 2.65. The number of thiophene rings is 1. The van der Waals surface area contributed by atoms with Crippen molar-refractivity contribution in [3.8, 4) is 0 Å². The van der Waals surface area contributed by atoms with Gasteiger partial charge >= 0.3 is 0 Å². The van der Waals surface area contributed by atoms with Crippen molar-refractivity contribution < 1.29 is 4.79 Å². The molecule has 0 aromatic carbocycles. The van der Waals surface area contributed by atoms with Crippen LogP contribution < -0.4 is 0 Å². The van der Waals surface area contributed by atoms with E-state index in [4.69, 9.17) is 0 Å². The largest absolute Gasteiger partial charge is 0.335 e. The highest BCUT2D eigenvalue weighted by atomic mass is 32.1. The van der Waals surface area contributed by atoms with Crippen LogP contribution in [0.2, 0.25) is 0 Å². The zero-order valence-corrected chi connectivity index (χ0v) is 10.0. The molecule has 15 heavy (non-hydrogen) atoms. The number of aryl methyl sites for hydroxylation is 1. The van der Waals surface area contributed by atoms with Gasteiger partial charge in [0, 0.05) is 26.2 Å². The molecule has 1 amide bonds. The lowest BCUT2D eigenvalue weighted by Gasteiger charge is -2.32. The number of piperazine rings is 1. The molecule has 0 saturated carbocycles. The molecule has 1 aromatic heterocycles. The van der Waals surface area contributed by atoms with Crippen LogP contribution in [0, 0.1) is 6.92 Å². The standard InChI is InChI=1S/C11H16N2OS/c1-9-3-8-15-10(9)11(14)13-6-4-12(2)5-7-13/h3,8H,4-7H2,1-2H3. The maximum atomic E-state index is 12.1. The molecule has 3 nitrogen and oxygen atoms in total. The summed E-state index contributed by atoms with van der Waals surface area (Å²) in [6, 6.07) is 2.01. The number of rotatable bonds is 1. The van der Waals surface area contributed by atoms with Gasteiger partial charge in [0.05, 0.1) is 4.88 Å². The molecule has 1 aromatic rings. The van der Waals surface area contributed by atoms with Crippen molar-refractivity contribution in [2.75, 3.05) is 33.2 Å². The van der Waals surface area contributed by atoms with Crippen molar-refractivity contribution in [1.82, 2.24) is 9.80 Å². The number of hydrogen-bond donors (Lipinski definition) is 0. The lowest BCUT2D eigenvalue weighted by molar-refractivity contribution is 0.0668. The second-order valence-corrected chi connectivity index (χ2v) is 4.94. The summed E-state index contributed by atoms with van der Waals surface area (Å²) in [5.74, 6) is 0.204. The van der Waals surface area contributed by atoms with Crippen LogP contribution in [0.3, 0.4) is 0 Å². The van der Waals surface area contributed by atoms with Crippen LogP contribution in [-0.2, 0) is 0 Å². The Morgan fingerprint density at radius 2 is 2.00 bits per heavy atom. The minimum absolute atomic E-state index is 0.204. The van der Waals surface area contributed by atoms with Crippen LogP contribution in [0.25, 0.3) is 0 Å². The molecule has 0 N–H and O–H groups in total. The summed E-state index contributed by atoms with van der Waals surface area (Å²) in [5, 5.41) is 1.98. The van der Waals surface area contributed by atoms with Gasteiger partial charge in [-0.05, 0) is 31.0 Å². The highest BCUT2D eigenvalue weighted by Gasteiger charge is 2.21. The molecule has 0 aliphatic carbocycles. The zero-order valence-electron chi connectivity index (χ0n) is 9.19. The van der Waals surface area contributed by atoms with Gasteiger partial charge in [-0.3, -0.25) is 4.79 Å². The molecule has 2 heterocycles. The Morgan fingerprint density at radius 1 is 1.33 bits per heavy atom. The molecule has 1 fully saturated rings. The van der Waals surface area contributed by atoms with E-state index in [1.54, 1.807) is 11.3 Å². The fourth-order valence-corrected chi connectivity index (χ4v) is 2.64. The average molecular weight is 224 g/mol. The van der Waals surface area contributed by atoms with E-state index >= 15 is 0 Å². The normalized spacial score (nSPS) is 18.1. The highest BCUT2D eigenvalue weighted by molar-refractivity contribution is 7.12. The Balaban J connectivity index is 2.06. The molecule has 2 rings (SSSR count). The molecule has 0 unspecified atom stereocenters. The zero-order chi connectivity index (χ0) is 10.8. The number of hydrogen-bond acceptors (Lipinski definition) is 3. The SMILES string of the molecule is Cc1ccsc1C(=O)N1CCN(C)CC1. The third-order valence-electron chi connectivity index (χ3n) is 2.85. The predicted octanol–water partition coefficient (Wildman–Crippen LogP) is 1.44. The molecule has 0 radical (unpaired) electrons. The lowest BCUT2D eigenvalue weighted by atomic mass is 10.2. The lowest BCUT2D eigenvalue weighted by Crippen LogP contribution is -2.47. The van der Waals surface area contributed by atoms with Crippen molar-refractivity contribution in [3.63, 3.8) is 0 Å². The Hall–Kier alpha value is -0.870. The van der Waals surface area contributed by atoms with Crippen LogP contribution >= 0.6 is 11.3 Å². The first-order valence-corrected chi connectivity index (χ1v) is 6.08. The van der Waals surface area contributed by atoms with E-state index in [1.807, 2.05) is 23.3 Å². The van der Waals surface area contributed by atoms with Crippen molar-refractivity contribution in [2.24, 2.45) is 0 Å². The van der Waals surface area contributed by atoms with Gasteiger partial charge in [0.2, 0.25) is 0 Å². The predicted molar refractivity (Wildman–Crippen MR) is 62.5 cm³/mol. The first-order chi connectivity index (χ1) is 7.18. The molecule has 4 heteroatoms. The summed E-state index contributed by atoms with van der Waals surface area (Å²) < 4.78 is 0. The molecule has 1 aliphatic rings. The smallest absolute Gasteiger partial charge is 0.264 e. The molecule has 0 bridgehead atoms. The van der Waals surface area contributed by atoms with Gasteiger partial charge in [0.1, 0.15) is 0 Å². The molecule has 0 atom stereocenters. The first kappa shape index (κ1) is 10.6. The summed E-state index contributed by atoms with van der Waals surface area (Å²) in [6.45, 7) is 5.67. The Kier molecular flexibility index (Phi) is 3.07. The van der Waals surface area contributed by atoms with E-state index in [-0.39, 0.29) is 5.91 Å². The van der Waals surface area contributed by atoms with E-state index in [2.05, 4.69) is 11.9 Å². The minimum atomic E-state index is 0.204. The van der Waals surface area contributed by atoms with Crippen LogP contribution in [0.15, 0.2) is 11.4 Å². The number of nitrogens with zero attached hydrogens (tertiary/aromatic N) is 2. The third kappa shape index (κ3) is 2.21. The minimum Gasteiger partial charge on any atom is -0.335 e. The van der Waals surface area contributed by atoms with Gasteiger partial charge < -0.3 is 9.80 Å². The fourth-order valence-electron chi connectivity index (χ4n) is 1.74. The monoisotopic (exact) mass is 224 g/mol. The topological polar surface area (TPSA) is 23.6 Å². The van der Waals surface area contributed by atoms with Gasteiger partial charge in [0.25, 0.3) is 5.91 Å².